The highest BCUT2D eigenvalue weighted by Gasteiger charge is 2.18. The monoisotopic (exact) mass is 292 g/mol. The van der Waals surface area contributed by atoms with Gasteiger partial charge in [0.25, 0.3) is 0 Å². The number of fused-ring (bicyclic) bond motifs is 2. The molecule has 1 aliphatic heterocycles. The van der Waals surface area contributed by atoms with Crippen LogP contribution in [0.25, 0.3) is 0 Å². The highest BCUT2D eigenvalue weighted by Crippen LogP contribution is 2.49. The molecular formula is C15H13FOS2. The van der Waals surface area contributed by atoms with E-state index in [0.717, 1.165) is 20.2 Å². The molecule has 0 aromatic heterocycles. The van der Waals surface area contributed by atoms with Crippen molar-refractivity contribution in [2.24, 2.45) is 0 Å². The number of benzene rings is 2. The predicted molar refractivity (Wildman–Crippen MR) is 76.6 cm³/mol. The molecule has 1 heterocycles. The first-order valence-corrected chi connectivity index (χ1v) is 7.71. The number of halogens is 1. The summed E-state index contributed by atoms with van der Waals surface area (Å²) < 4.78 is 13.3. The van der Waals surface area contributed by atoms with Gasteiger partial charge in [0.15, 0.2) is 0 Å². The second-order valence-corrected chi connectivity index (χ2v) is 6.75. The molecule has 4 heteroatoms. The minimum atomic E-state index is -0.199. The van der Waals surface area contributed by atoms with Gasteiger partial charge in [0.05, 0.1) is 0 Å². The standard InChI is InChI=1S/C15H13FOS2/c1-9(8-17)10-2-4-12-14(6-10)19-15-7-11(16)3-5-13(15)18-12/h2-7,9,17H,8H2,1H3. The van der Waals surface area contributed by atoms with Gasteiger partial charge in [-0.05, 0) is 35.9 Å². The van der Waals surface area contributed by atoms with Crippen LogP contribution in [0, 0.1) is 5.82 Å². The number of aliphatic hydroxyl groups is 1. The van der Waals surface area contributed by atoms with Gasteiger partial charge in [0.2, 0.25) is 0 Å². The zero-order valence-electron chi connectivity index (χ0n) is 10.4. The van der Waals surface area contributed by atoms with Crippen molar-refractivity contribution >= 4 is 23.5 Å². The van der Waals surface area contributed by atoms with E-state index in [-0.39, 0.29) is 18.3 Å². The maximum atomic E-state index is 13.3. The third-order valence-corrected chi connectivity index (χ3v) is 5.68. The Labute approximate surface area is 120 Å². The van der Waals surface area contributed by atoms with E-state index in [0.29, 0.717) is 0 Å². The molecule has 1 aliphatic rings. The molecule has 3 rings (SSSR count). The molecule has 0 bridgehead atoms. The van der Waals surface area contributed by atoms with Crippen LogP contribution in [0.5, 0.6) is 0 Å². The summed E-state index contributed by atoms with van der Waals surface area (Å²) in [7, 11) is 0. The van der Waals surface area contributed by atoms with Crippen molar-refractivity contribution in [1.29, 1.82) is 0 Å². The van der Waals surface area contributed by atoms with Crippen LogP contribution in [0.4, 0.5) is 4.39 Å². The topological polar surface area (TPSA) is 20.2 Å². The Hall–Kier alpha value is -0.970. The zero-order valence-corrected chi connectivity index (χ0v) is 12.0. The summed E-state index contributed by atoms with van der Waals surface area (Å²) in [5, 5.41) is 9.22. The summed E-state index contributed by atoms with van der Waals surface area (Å²) in [6.07, 6.45) is 0. The molecular weight excluding hydrogens is 279 g/mol. The molecule has 19 heavy (non-hydrogen) atoms. The van der Waals surface area contributed by atoms with E-state index in [2.05, 4.69) is 18.2 Å². The summed E-state index contributed by atoms with van der Waals surface area (Å²) >= 11 is 3.27. The second kappa shape index (κ2) is 5.19. The summed E-state index contributed by atoms with van der Waals surface area (Å²) in [4.78, 5) is 4.40. The Morgan fingerprint density at radius 2 is 1.63 bits per heavy atom. The van der Waals surface area contributed by atoms with Crippen LogP contribution in [0.3, 0.4) is 0 Å². The fourth-order valence-corrected chi connectivity index (χ4v) is 4.25. The molecule has 0 amide bonds. The van der Waals surface area contributed by atoms with Crippen LogP contribution in [-0.2, 0) is 0 Å². The lowest BCUT2D eigenvalue weighted by Gasteiger charge is -2.20. The van der Waals surface area contributed by atoms with E-state index in [1.807, 2.05) is 13.0 Å². The lowest BCUT2D eigenvalue weighted by atomic mass is 10.0. The molecule has 0 saturated carbocycles. The number of aliphatic hydroxyl groups excluding tert-OH is 1. The lowest BCUT2D eigenvalue weighted by Crippen LogP contribution is -2.00. The van der Waals surface area contributed by atoms with E-state index in [9.17, 15) is 9.50 Å². The van der Waals surface area contributed by atoms with Crippen LogP contribution < -0.4 is 0 Å². The molecule has 0 spiro atoms. The Bertz CT molecular complexity index is 628. The van der Waals surface area contributed by atoms with E-state index in [1.165, 1.54) is 11.0 Å². The van der Waals surface area contributed by atoms with E-state index in [4.69, 9.17) is 0 Å². The molecule has 0 radical (unpaired) electrons. The summed E-state index contributed by atoms with van der Waals surface area (Å²) in [6, 6.07) is 11.2. The fourth-order valence-electron chi connectivity index (χ4n) is 1.98. The minimum Gasteiger partial charge on any atom is -0.396 e. The summed E-state index contributed by atoms with van der Waals surface area (Å²) in [5.74, 6) is -0.0695. The van der Waals surface area contributed by atoms with Gasteiger partial charge in [-0.25, -0.2) is 4.39 Å². The smallest absolute Gasteiger partial charge is 0.124 e. The van der Waals surface area contributed by atoms with Crippen molar-refractivity contribution in [2.45, 2.75) is 32.4 Å². The van der Waals surface area contributed by atoms with E-state index < -0.39 is 0 Å². The van der Waals surface area contributed by atoms with Gasteiger partial charge in [-0.3, -0.25) is 0 Å². The Morgan fingerprint density at radius 3 is 2.37 bits per heavy atom. The van der Waals surface area contributed by atoms with Crippen LogP contribution >= 0.6 is 23.5 Å². The quantitative estimate of drug-likeness (QED) is 0.749. The van der Waals surface area contributed by atoms with Crippen LogP contribution in [0.2, 0.25) is 0 Å². The number of rotatable bonds is 2. The first-order chi connectivity index (χ1) is 9.17. The van der Waals surface area contributed by atoms with Crippen LogP contribution in [0.15, 0.2) is 56.0 Å². The van der Waals surface area contributed by atoms with Gasteiger partial charge < -0.3 is 5.11 Å². The summed E-state index contributed by atoms with van der Waals surface area (Å²) in [5.41, 5.74) is 1.12. The van der Waals surface area contributed by atoms with Gasteiger partial charge in [-0.15, -0.1) is 0 Å². The molecule has 0 aliphatic carbocycles. The molecule has 1 nitrogen and oxygen atoms in total. The van der Waals surface area contributed by atoms with Crippen LogP contribution in [-0.4, -0.2) is 11.7 Å². The molecule has 1 atom stereocenters. The van der Waals surface area contributed by atoms with Gasteiger partial charge in [-0.1, -0.05) is 36.5 Å². The maximum absolute atomic E-state index is 13.3. The first kappa shape index (κ1) is 13.0. The van der Waals surface area contributed by atoms with E-state index in [1.54, 1.807) is 29.6 Å². The third kappa shape index (κ3) is 2.53. The number of hydrogen-bond acceptors (Lipinski definition) is 3. The van der Waals surface area contributed by atoms with Crippen molar-refractivity contribution in [3.8, 4) is 0 Å². The highest BCUT2D eigenvalue weighted by molar-refractivity contribution is 8.05. The molecule has 2 aromatic rings. The van der Waals surface area contributed by atoms with Crippen molar-refractivity contribution in [1.82, 2.24) is 0 Å². The average molecular weight is 292 g/mol. The van der Waals surface area contributed by atoms with Gasteiger partial charge >= 0.3 is 0 Å². The Balaban J connectivity index is 1.98. The van der Waals surface area contributed by atoms with Gasteiger partial charge in [0, 0.05) is 32.1 Å². The maximum Gasteiger partial charge on any atom is 0.124 e. The normalized spacial score (nSPS) is 14.7. The van der Waals surface area contributed by atoms with Gasteiger partial charge in [0.1, 0.15) is 5.82 Å². The SMILES string of the molecule is CC(CO)c1ccc2c(c1)Sc1cc(F)ccc1S2. The molecule has 1 unspecified atom stereocenters. The highest BCUT2D eigenvalue weighted by atomic mass is 32.2. The number of hydrogen-bond donors (Lipinski definition) is 1. The van der Waals surface area contributed by atoms with Crippen molar-refractivity contribution in [2.75, 3.05) is 6.61 Å². The Morgan fingerprint density at radius 1 is 1.00 bits per heavy atom. The molecule has 0 fully saturated rings. The zero-order chi connectivity index (χ0) is 13.4. The predicted octanol–water partition coefficient (Wildman–Crippen LogP) is 4.54. The van der Waals surface area contributed by atoms with Crippen molar-refractivity contribution in [3.63, 3.8) is 0 Å². The Kier molecular flexibility index (Phi) is 3.56. The van der Waals surface area contributed by atoms with Crippen LogP contribution in [0.1, 0.15) is 18.4 Å². The minimum absolute atomic E-state index is 0.129. The molecule has 2 aromatic carbocycles. The third-order valence-electron chi connectivity index (χ3n) is 3.16. The summed E-state index contributed by atoms with van der Waals surface area (Å²) in [6.45, 7) is 2.14. The van der Waals surface area contributed by atoms with Crippen molar-refractivity contribution in [3.05, 3.63) is 47.8 Å². The molecule has 98 valence electrons. The van der Waals surface area contributed by atoms with Gasteiger partial charge in [-0.2, -0.15) is 0 Å². The lowest BCUT2D eigenvalue weighted by molar-refractivity contribution is 0.273. The van der Waals surface area contributed by atoms with E-state index >= 15 is 0 Å². The largest absolute Gasteiger partial charge is 0.396 e. The second-order valence-electron chi connectivity index (χ2n) is 4.58. The molecule has 0 saturated heterocycles. The molecule has 1 N–H and O–H groups in total. The van der Waals surface area contributed by atoms with Crippen molar-refractivity contribution < 1.29 is 9.50 Å². The fraction of sp³-hybridized carbons (Fsp3) is 0.200. The first-order valence-electron chi connectivity index (χ1n) is 6.07. The average Bonchev–Trinajstić information content (AvgIpc) is 2.43.